The minimum absolute atomic E-state index is 0.102. The molecule has 13 heavy (non-hydrogen) atoms. The highest BCUT2D eigenvalue weighted by molar-refractivity contribution is 5.74. The molecule has 0 radical (unpaired) electrons. The van der Waals surface area contributed by atoms with Gasteiger partial charge in [0.1, 0.15) is 6.10 Å². The molecule has 1 fully saturated rings. The normalized spacial score (nSPS) is 19.3. The number of carbonyl (C=O) groups is 1. The van der Waals surface area contributed by atoms with Crippen molar-refractivity contribution in [3.8, 4) is 0 Å². The van der Waals surface area contributed by atoms with Crippen LogP contribution in [0.3, 0.4) is 0 Å². The maximum atomic E-state index is 11.5. The van der Waals surface area contributed by atoms with Crippen LogP contribution in [0.2, 0.25) is 0 Å². The third kappa shape index (κ3) is 2.58. The average Bonchev–Trinajstić information content (AvgIpc) is 1.97. The monoisotopic (exact) mass is 182 g/mol. The molecule has 1 unspecified atom stereocenters. The maximum absolute atomic E-state index is 11.5. The van der Waals surface area contributed by atoms with Gasteiger partial charge in [0.2, 0.25) is 0 Å². The second-order valence-corrected chi connectivity index (χ2v) is 4.00. The lowest BCUT2D eigenvalue weighted by atomic mass is 9.94. The van der Waals surface area contributed by atoms with Gasteiger partial charge >= 0.3 is 5.97 Å². The molecule has 0 aromatic rings. The van der Waals surface area contributed by atoms with Gasteiger partial charge < -0.3 is 4.74 Å². The van der Waals surface area contributed by atoms with Crippen LogP contribution in [0, 0.1) is 11.8 Å². The van der Waals surface area contributed by atoms with Gasteiger partial charge in [0, 0.05) is 0 Å². The van der Waals surface area contributed by atoms with E-state index in [1.165, 1.54) is 6.42 Å². The molecule has 0 saturated heterocycles. The van der Waals surface area contributed by atoms with E-state index >= 15 is 0 Å². The van der Waals surface area contributed by atoms with Crippen molar-refractivity contribution in [3.05, 3.63) is 12.7 Å². The molecule has 1 aliphatic rings. The molecular weight excluding hydrogens is 164 g/mol. The molecule has 0 aliphatic heterocycles. The highest BCUT2D eigenvalue weighted by atomic mass is 16.5. The SMILES string of the molecule is C=CC(C(=O)OC1CCC1)C(C)C. The van der Waals surface area contributed by atoms with Gasteiger partial charge in [-0.25, -0.2) is 0 Å². The van der Waals surface area contributed by atoms with Crippen LogP contribution in [0.4, 0.5) is 0 Å². The summed E-state index contributed by atoms with van der Waals surface area (Å²) >= 11 is 0. The van der Waals surface area contributed by atoms with Crippen LogP contribution in [0.25, 0.3) is 0 Å². The molecule has 1 aliphatic carbocycles. The van der Waals surface area contributed by atoms with Crippen molar-refractivity contribution in [3.63, 3.8) is 0 Å². The molecule has 1 saturated carbocycles. The second-order valence-electron chi connectivity index (χ2n) is 4.00. The van der Waals surface area contributed by atoms with Gasteiger partial charge in [-0.15, -0.1) is 6.58 Å². The summed E-state index contributed by atoms with van der Waals surface area (Å²) in [5, 5.41) is 0. The molecule has 0 bridgehead atoms. The van der Waals surface area contributed by atoms with Gasteiger partial charge in [0.15, 0.2) is 0 Å². The molecule has 0 N–H and O–H groups in total. The van der Waals surface area contributed by atoms with E-state index < -0.39 is 0 Å². The van der Waals surface area contributed by atoms with Crippen molar-refractivity contribution in [2.24, 2.45) is 11.8 Å². The fraction of sp³-hybridized carbons (Fsp3) is 0.727. The Morgan fingerprint density at radius 1 is 1.54 bits per heavy atom. The summed E-state index contributed by atoms with van der Waals surface area (Å²) in [6, 6.07) is 0. The van der Waals surface area contributed by atoms with E-state index in [1.807, 2.05) is 13.8 Å². The number of hydrogen-bond acceptors (Lipinski definition) is 2. The fourth-order valence-corrected chi connectivity index (χ4v) is 1.37. The lowest BCUT2D eigenvalue weighted by Gasteiger charge is -2.27. The molecule has 0 amide bonds. The van der Waals surface area contributed by atoms with E-state index in [4.69, 9.17) is 4.74 Å². The smallest absolute Gasteiger partial charge is 0.313 e. The number of ether oxygens (including phenoxy) is 1. The summed E-state index contributed by atoms with van der Waals surface area (Å²) in [5.74, 6) is 0.0420. The van der Waals surface area contributed by atoms with Crippen LogP contribution in [0.15, 0.2) is 12.7 Å². The Bertz CT molecular complexity index is 192. The van der Waals surface area contributed by atoms with Crippen molar-refractivity contribution < 1.29 is 9.53 Å². The molecule has 1 atom stereocenters. The first-order valence-corrected chi connectivity index (χ1v) is 4.98. The van der Waals surface area contributed by atoms with Crippen LogP contribution in [0.5, 0.6) is 0 Å². The van der Waals surface area contributed by atoms with E-state index in [-0.39, 0.29) is 23.9 Å². The largest absolute Gasteiger partial charge is 0.462 e. The first kappa shape index (κ1) is 10.3. The van der Waals surface area contributed by atoms with Crippen molar-refractivity contribution in [2.45, 2.75) is 39.2 Å². The third-order valence-electron chi connectivity index (χ3n) is 2.58. The van der Waals surface area contributed by atoms with Gasteiger partial charge in [-0.2, -0.15) is 0 Å². The van der Waals surface area contributed by atoms with Crippen molar-refractivity contribution >= 4 is 5.97 Å². The predicted octanol–water partition coefficient (Wildman–Crippen LogP) is 2.54. The Labute approximate surface area is 80.0 Å². The fourth-order valence-electron chi connectivity index (χ4n) is 1.37. The summed E-state index contributed by atoms with van der Waals surface area (Å²) < 4.78 is 5.29. The second kappa shape index (κ2) is 4.45. The molecule has 0 spiro atoms. The van der Waals surface area contributed by atoms with E-state index in [1.54, 1.807) is 6.08 Å². The summed E-state index contributed by atoms with van der Waals surface area (Å²) in [7, 11) is 0. The first-order valence-electron chi connectivity index (χ1n) is 4.98. The quantitative estimate of drug-likeness (QED) is 0.493. The minimum atomic E-state index is -0.138. The third-order valence-corrected chi connectivity index (χ3v) is 2.58. The Hall–Kier alpha value is -0.790. The average molecular weight is 182 g/mol. The van der Waals surface area contributed by atoms with Gasteiger partial charge in [-0.3, -0.25) is 4.79 Å². The maximum Gasteiger partial charge on any atom is 0.313 e. The van der Waals surface area contributed by atoms with Gasteiger partial charge in [-0.05, 0) is 25.2 Å². The molecule has 2 nitrogen and oxygen atoms in total. The Morgan fingerprint density at radius 3 is 2.46 bits per heavy atom. The minimum Gasteiger partial charge on any atom is -0.462 e. The lowest BCUT2D eigenvalue weighted by Crippen LogP contribution is -2.30. The van der Waals surface area contributed by atoms with Gasteiger partial charge in [0.25, 0.3) is 0 Å². The van der Waals surface area contributed by atoms with E-state index in [2.05, 4.69) is 6.58 Å². The molecular formula is C11H18O2. The van der Waals surface area contributed by atoms with Crippen molar-refractivity contribution in [2.75, 3.05) is 0 Å². The predicted molar refractivity (Wildman–Crippen MR) is 52.3 cm³/mol. The first-order chi connectivity index (χ1) is 6.15. The number of carbonyl (C=O) groups excluding carboxylic acids is 1. The summed E-state index contributed by atoms with van der Waals surface area (Å²) in [5.41, 5.74) is 0. The Kier molecular flexibility index (Phi) is 3.52. The zero-order valence-electron chi connectivity index (χ0n) is 8.45. The molecule has 0 aromatic carbocycles. The molecule has 0 heterocycles. The molecule has 2 heteroatoms. The number of hydrogen-bond donors (Lipinski definition) is 0. The number of rotatable bonds is 4. The van der Waals surface area contributed by atoms with Crippen LogP contribution in [0.1, 0.15) is 33.1 Å². The van der Waals surface area contributed by atoms with Crippen LogP contribution in [-0.2, 0) is 9.53 Å². The number of esters is 1. The highest BCUT2D eigenvalue weighted by Crippen LogP contribution is 2.24. The van der Waals surface area contributed by atoms with Crippen molar-refractivity contribution in [1.29, 1.82) is 0 Å². The van der Waals surface area contributed by atoms with Crippen LogP contribution < -0.4 is 0 Å². The molecule has 74 valence electrons. The van der Waals surface area contributed by atoms with Crippen LogP contribution >= 0.6 is 0 Å². The van der Waals surface area contributed by atoms with Crippen LogP contribution in [-0.4, -0.2) is 12.1 Å². The summed E-state index contributed by atoms with van der Waals surface area (Å²) in [6.45, 7) is 7.67. The standard InChI is InChI=1S/C11H18O2/c1-4-10(8(2)3)11(12)13-9-6-5-7-9/h4,8-10H,1,5-7H2,2-3H3. The van der Waals surface area contributed by atoms with E-state index in [0.717, 1.165) is 12.8 Å². The van der Waals surface area contributed by atoms with Gasteiger partial charge in [0.05, 0.1) is 5.92 Å². The van der Waals surface area contributed by atoms with E-state index in [9.17, 15) is 4.79 Å². The zero-order chi connectivity index (χ0) is 9.84. The van der Waals surface area contributed by atoms with Crippen molar-refractivity contribution in [1.82, 2.24) is 0 Å². The zero-order valence-corrected chi connectivity index (χ0v) is 8.45. The lowest BCUT2D eigenvalue weighted by molar-refractivity contribution is -0.157. The Morgan fingerprint density at radius 2 is 2.15 bits per heavy atom. The van der Waals surface area contributed by atoms with E-state index in [0.29, 0.717) is 0 Å². The highest BCUT2D eigenvalue weighted by Gasteiger charge is 2.26. The summed E-state index contributed by atoms with van der Waals surface area (Å²) in [6.07, 6.45) is 5.14. The summed E-state index contributed by atoms with van der Waals surface area (Å²) in [4.78, 5) is 11.5. The van der Waals surface area contributed by atoms with Gasteiger partial charge in [-0.1, -0.05) is 19.9 Å². The Balaban J connectivity index is 2.38. The molecule has 1 rings (SSSR count). The topological polar surface area (TPSA) is 26.3 Å². The molecule has 0 aromatic heterocycles.